The van der Waals surface area contributed by atoms with E-state index in [4.69, 9.17) is 0 Å². The number of likely N-dealkylation sites (tertiary alicyclic amines) is 1. The van der Waals surface area contributed by atoms with Crippen LogP contribution in [0.25, 0.3) is 0 Å². The van der Waals surface area contributed by atoms with Crippen LogP contribution in [0, 0.1) is 0 Å². The van der Waals surface area contributed by atoms with Gasteiger partial charge in [-0.25, -0.2) is 0 Å². The summed E-state index contributed by atoms with van der Waals surface area (Å²) in [6.07, 6.45) is 7.19. The summed E-state index contributed by atoms with van der Waals surface area (Å²) in [6, 6.07) is 1.47. The highest BCUT2D eigenvalue weighted by Crippen LogP contribution is 2.23. The minimum atomic E-state index is 0.138. The van der Waals surface area contributed by atoms with E-state index >= 15 is 0 Å². The van der Waals surface area contributed by atoms with Gasteiger partial charge in [-0.05, 0) is 38.5 Å². The quantitative estimate of drug-likeness (QED) is 0.697. The second-order valence-corrected chi connectivity index (χ2v) is 5.72. The SMILES string of the molecule is O=C1NCCCCC1N1CCC2CCC(C1)N2. The zero-order valence-electron chi connectivity index (χ0n) is 10.5. The van der Waals surface area contributed by atoms with E-state index in [2.05, 4.69) is 15.5 Å². The predicted molar refractivity (Wildman–Crippen MR) is 66.8 cm³/mol. The molecule has 0 aromatic rings. The molecule has 4 heteroatoms. The summed E-state index contributed by atoms with van der Waals surface area (Å²) >= 11 is 0. The van der Waals surface area contributed by atoms with Crippen LogP contribution >= 0.6 is 0 Å². The number of hydrogen-bond acceptors (Lipinski definition) is 3. The lowest BCUT2D eigenvalue weighted by Crippen LogP contribution is -2.48. The average Bonchev–Trinajstić information content (AvgIpc) is 2.50. The van der Waals surface area contributed by atoms with Gasteiger partial charge in [0.05, 0.1) is 6.04 Å². The highest BCUT2D eigenvalue weighted by Gasteiger charge is 2.34. The first-order chi connectivity index (χ1) is 8.33. The molecule has 3 saturated heterocycles. The number of hydrogen-bond donors (Lipinski definition) is 2. The molecule has 0 spiro atoms. The van der Waals surface area contributed by atoms with Gasteiger partial charge < -0.3 is 10.6 Å². The minimum Gasteiger partial charge on any atom is -0.355 e. The molecule has 3 fully saturated rings. The number of nitrogens with one attached hydrogen (secondary N) is 2. The highest BCUT2D eigenvalue weighted by molar-refractivity contribution is 5.81. The van der Waals surface area contributed by atoms with Crippen molar-refractivity contribution in [1.29, 1.82) is 0 Å². The van der Waals surface area contributed by atoms with Crippen LogP contribution in [0.2, 0.25) is 0 Å². The second kappa shape index (κ2) is 4.94. The molecule has 3 atom stereocenters. The summed E-state index contributed by atoms with van der Waals surface area (Å²) in [5.74, 6) is 0.264. The maximum absolute atomic E-state index is 12.1. The molecule has 3 rings (SSSR count). The Hall–Kier alpha value is -0.610. The molecule has 4 nitrogen and oxygen atoms in total. The Balaban J connectivity index is 1.67. The topological polar surface area (TPSA) is 44.4 Å². The minimum absolute atomic E-state index is 0.138. The van der Waals surface area contributed by atoms with Crippen LogP contribution in [0.3, 0.4) is 0 Å². The summed E-state index contributed by atoms with van der Waals surface area (Å²) in [4.78, 5) is 14.5. The molecule has 3 unspecified atom stereocenters. The van der Waals surface area contributed by atoms with Crippen molar-refractivity contribution >= 4 is 5.91 Å². The molecule has 0 aromatic heterocycles. The van der Waals surface area contributed by atoms with E-state index < -0.39 is 0 Å². The van der Waals surface area contributed by atoms with E-state index in [0.717, 1.165) is 32.5 Å². The van der Waals surface area contributed by atoms with Gasteiger partial charge in [-0.3, -0.25) is 9.69 Å². The Kier molecular flexibility index (Phi) is 3.34. The van der Waals surface area contributed by atoms with E-state index in [1.807, 2.05) is 0 Å². The first-order valence-corrected chi connectivity index (χ1v) is 7.11. The van der Waals surface area contributed by atoms with Crippen molar-refractivity contribution in [2.24, 2.45) is 0 Å². The van der Waals surface area contributed by atoms with Crippen LogP contribution in [0.5, 0.6) is 0 Å². The lowest BCUT2D eigenvalue weighted by atomic mass is 10.0. The Labute approximate surface area is 103 Å². The molecule has 0 radical (unpaired) electrons. The van der Waals surface area contributed by atoms with Gasteiger partial charge in [0, 0.05) is 31.7 Å². The Bertz CT molecular complexity index is 294. The van der Waals surface area contributed by atoms with Crippen LogP contribution < -0.4 is 10.6 Å². The van der Waals surface area contributed by atoms with Gasteiger partial charge in [0.25, 0.3) is 0 Å². The number of nitrogens with zero attached hydrogens (tertiary/aromatic N) is 1. The van der Waals surface area contributed by atoms with E-state index in [1.165, 1.54) is 25.7 Å². The molecule has 3 heterocycles. The molecule has 2 N–H and O–H groups in total. The van der Waals surface area contributed by atoms with Gasteiger partial charge >= 0.3 is 0 Å². The van der Waals surface area contributed by atoms with Crippen molar-refractivity contribution in [2.45, 2.75) is 56.7 Å². The fourth-order valence-electron chi connectivity index (χ4n) is 3.52. The molecule has 0 saturated carbocycles. The van der Waals surface area contributed by atoms with Gasteiger partial charge in [-0.2, -0.15) is 0 Å². The van der Waals surface area contributed by atoms with Crippen molar-refractivity contribution in [3.63, 3.8) is 0 Å². The van der Waals surface area contributed by atoms with Crippen molar-refractivity contribution < 1.29 is 4.79 Å². The Morgan fingerprint density at radius 2 is 1.94 bits per heavy atom. The first kappa shape index (κ1) is 11.5. The number of carbonyl (C=O) groups excluding carboxylic acids is 1. The summed E-state index contributed by atoms with van der Waals surface area (Å²) in [5, 5.41) is 6.73. The summed E-state index contributed by atoms with van der Waals surface area (Å²) in [6.45, 7) is 3.02. The predicted octanol–water partition coefficient (Wildman–Crippen LogP) is 0.481. The molecule has 17 heavy (non-hydrogen) atoms. The second-order valence-electron chi connectivity index (χ2n) is 5.72. The van der Waals surface area contributed by atoms with Crippen molar-refractivity contribution in [2.75, 3.05) is 19.6 Å². The monoisotopic (exact) mass is 237 g/mol. The zero-order valence-corrected chi connectivity index (χ0v) is 10.5. The molecule has 3 aliphatic rings. The summed E-state index contributed by atoms with van der Waals surface area (Å²) in [7, 11) is 0. The molecule has 0 aromatic carbocycles. The summed E-state index contributed by atoms with van der Waals surface area (Å²) in [5.41, 5.74) is 0. The van der Waals surface area contributed by atoms with E-state index in [0.29, 0.717) is 12.1 Å². The van der Waals surface area contributed by atoms with Gasteiger partial charge in [0.1, 0.15) is 0 Å². The summed E-state index contributed by atoms with van der Waals surface area (Å²) < 4.78 is 0. The van der Waals surface area contributed by atoms with Crippen LogP contribution in [0.4, 0.5) is 0 Å². The molecule has 1 amide bonds. The number of carbonyl (C=O) groups is 1. The van der Waals surface area contributed by atoms with E-state index in [1.54, 1.807) is 0 Å². The maximum Gasteiger partial charge on any atom is 0.237 e. The smallest absolute Gasteiger partial charge is 0.237 e. The Morgan fingerprint density at radius 1 is 1.06 bits per heavy atom. The fourth-order valence-corrected chi connectivity index (χ4v) is 3.52. The van der Waals surface area contributed by atoms with Crippen LogP contribution in [0.15, 0.2) is 0 Å². The number of amides is 1. The largest absolute Gasteiger partial charge is 0.355 e. The van der Waals surface area contributed by atoms with Gasteiger partial charge in [-0.15, -0.1) is 0 Å². The molecule has 2 bridgehead atoms. The van der Waals surface area contributed by atoms with Crippen molar-refractivity contribution in [3.05, 3.63) is 0 Å². The molecule has 3 aliphatic heterocycles. The standard InChI is InChI=1S/C13H23N3O/c17-13-12(3-1-2-7-14-13)16-8-6-10-4-5-11(9-16)15-10/h10-12,15H,1-9H2,(H,14,17). The van der Waals surface area contributed by atoms with E-state index in [-0.39, 0.29) is 11.9 Å². The number of fused-ring (bicyclic) bond motifs is 2. The average molecular weight is 237 g/mol. The normalized spacial score (nSPS) is 39.5. The third kappa shape index (κ3) is 2.47. The highest BCUT2D eigenvalue weighted by atomic mass is 16.2. The van der Waals surface area contributed by atoms with Gasteiger partial charge in [-0.1, -0.05) is 0 Å². The fraction of sp³-hybridized carbons (Fsp3) is 0.923. The lowest BCUT2D eigenvalue weighted by Gasteiger charge is -2.30. The molecule has 0 aliphatic carbocycles. The zero-order chi connectivity index (χ0) is 11.7. The Morgan fingerprint density at radius 3 is 2.88 bits per heavy atom. The van der Waals surface area contributed by atoms with Gasteiger partial charge in [0.15, 0.2) is 0 Å². The van der Waals surface area contributed by atoms with E-state index in [9.17, 15) is 4.79 Å². The first-order valence-electron chi connectivity index (χ1n) is 7.11. The van der Waals surface area contributed by atoms with Crippen molar-refractivity contribution in [3.8, 4) is 0 Å². The molecule has 96 valence electrons. The van der Waals surface area contributed by atoms with Crippen LogP contribution in [-0.4, -0.2) is 48.6 Å². The molecular weight excluding hydrogens is 214 g/mol. The lowest BCUT2D eigenvalue weighted by molar-refractivity contribution is -0.126. The van der Waals surface area contributed by atoms with Crippen molar-refractivity contribution in [1.82, 2.24) is 15.5 Å². The number of rotatable bonds is 1. The van der Waals surface area contributed by atoms with Crippen LogP contribution in [-0.2, 0) is 4.79 Å². The van der Waals surface area contributed by atoms with Gasteiger partial charge in [0.2, 0.25) is 5.91 Å². The third-order valence-corrected chi connectivity index (χ3v) is 4.50. The third-order valence-electron chi connectivity index (χ3n) is 4.50. The maximum atomic E-state index is 12.1. The molecular formula is C13H23N3O. The van der Waals surface area contributed by atoms with Crippen LogP contribution in [0.1, 0.15) is 38.5 Å².